The molecule has 8 heteroatoms. The van der Waals surface area contributed by atoms with Gasteiger partial charge in [-0.05, 0) is 41.6 Å². The summed E-state index contributed by atoms with van der Waals surface area (Å²) in [4.78, 5) is 13.3. The van der Waals surface area contributed by atoms with Crippen molar-refractivity contribution in [3.63, 3.8) is 0 Å². The van der Waals surface area contributed by atoms with Gasteiger partial charge in [0.05, 0.1) is 31.7 Å². The smallest absolute Gasteiger partial charge is 0.251 e. The van der Waals surface area contributed by atoms with Crippen LogP contribution in [-0.2, 0) is 27.9 Å². The molecule has 0 bridgehead atoms. The highest BCUT2D eigenvalue weighted by atomic mass is 32.2. The fourth-order valence-corrected chi connectivity index (χ4v) is 4.81. The van der Waals surface area contributed by atoms with Gasteiger partial charge >= 0.3 is 0 Å². The van der Waals surface area contributed by atoms with Crippen LogP contribution < -0.4 is 9.62 Å². The van der Waals surface area contributed by atoms with E-state index in [0.717, 1.165) is 16.0 Å². The average Bonchev–Trinajstić information content (AvgIpc) is 2.82. The lowest BCUT2D eigenvalue weighted by Gasteiger charge is -2.24. The normalized spacial score (nSPS) is 11.2. The highest BCUT2D eigenvalue weighted by molar-refractivity contribution is 7.99. The molecule has 33 heavy (non-hydrogen) atoms. The molecule has 0 fully saturated rings. The Morgan fingerprint density at radius 3 is 2.27 bits per heavy atom. The van der Waals surface area contributed by atoms with Crippen LogP contribution >= 0.6 is 11.8 Å². The lowest BCUT2D eigenvalue weighted by molar-refractivity contribution is 0.0901. The number of sulfonamides is 1. The van der Waals surface area contributed by atoms with Crippen molar-refractivity contribution in [2.45, 2.75) is 18.0 Å². The predicted octanol–water partition coefficient (Wildman–Crippen LogP) is 4.32. The van der Waals surface area contributed by atoms with E-state index in [2.05, 4.69) is 5.32 Å². The molecule has 174 valence electrons. The fraction of sp³-hybridized carbons (Fsp3) is 0.240. The summed E-state index contributed by atoms with van der Waals surface area (Å²) in [6, 6.07) is 24.2. The number of thioether (sulfide) groups is 1. The first-order valence-electron chi connectivity index (χ1n) is 10.5. The largest absolute Gasteiger partial charge is 0.375 e. The van der Waals surface area contributed by atoms with Gasteiger partial charge in [0.15, 0.2) is 0 Å². The number of amides is 1. The number of hydrogen-bond donors (Lipinski definition) is 1. The number of ether oxygens (including phenoxy) is 1. The number of nitrogens with zero attached hydrogens (tertiary/aromatic N) is 1. The monoisotopic (exact) mass is 484 g/mol. The van der Waals surface area contributed by atoms with Crippen LogP contribution in [0.2, 0.25) is 0 Å². The summed E-state index contributed by atoms with van der Waals surface area (Å²) in [6.45, 7) is 1.51. The van der Waals surface area contributed by atoms with Gasteiger partial charge in [0.2, 0.25) is 10.0 Å². The number of para-hydroxylation sites is 1. The minimum absolute atomic E-state index is 0.186. The van der Waals surface area contributed by atoms with E-state index < -0.39 is 10.0 Å². The van der Waals surface area contributed by atoms with Crippen LogP contribution in [0.4, 0.5) is 5.69 Å². The summed E-state index contributed by atoms with van der Waals surface area (Å²) in [5.74, 6) is -0.197. The quantitative estimate of drug-likeness (QED) is 0.324. The SMILES string of the molecule is CSc1ccccc1N(Cc1ccc(C(=O)NCCOCc2ccccc2)cc1)S(C)(=O)=O. The summed E-state index contributed by atoms with van der Waals surface area (Å²) in [5.41, 5.74) is 3.03. The van der Waals surface area contributed by atoms with Gasteiger partial charge in [-0.1, -0.05) is 54.6 Å². The molecule has 3 aromatic rings. The molecule has 0 heterocycles. The maximum absolute atomic E-state index is 12.5. The van der Waals surface area contributed by atoms with Gasteiger partial charge in [-0.15, -0.1) is 11.8 Å². The molecule has 0 saturated carbocycles. The minimum atomic E-state index is -3.49. The summed E-state index contributed by atoms with van der Waals surface area (Å²) in [5, 5.41) is 2.84. The number of carbonyl (C=O) groups is 1. The van der Waals surface area contributed by atoms with Crippen LogP contribution in [-0.4, -0.2) is 40.0 Å². The molecule has 6 nitrogen and oxygen atoms in total. The molecule has 0 spiro atoms. The second kappa shape index (κ2) is 11.9. The van der Waals surface area contributed by atoms with Gasteiger partial charge < -0.3 is 10.1 Å². The zero-order valence-corrected chi connectivity index (χ0v) is 20.4. The number of rotatable bonds is 11. The number of benzene rings is 3. The van der Waals surface area contributed by atoms with E-state index >= 15 is 0 Å². The van der Waals surface area contributed by atoms with Gasteiger partial charge in [-0.25, -0.2) is 8.42 Å². The number of nitrogens with one attached hydrogen (secondary N) is 1. The summed E-state index contributed by atoms with van der Waals surface area (Å²) in [7, 11) is -3.49. The zero-order valence-electron chi connectivity index (χ0n) is 18.7. The van der Waals surface area contributed by atoms with Crippen molar-refractivity contribution >= 4 is 33.4 Å². The average molecular weight is 485 g/mol. The second-order valence-corrected chi connectivity index (χ2v) is 10.2. The Morgan fingerprint density at radius 2 is 1.61 bits per heavy atom. The fourth-order valence-electron chi connectivity index (χ4n) is 3.25. The molecular weight excluding hydrogens is 456 g/mol. The van der Waals surface area contributed by atoms with Gasteiger partial charge in [-0.3, -0.25) is 9.10 Å². The predicted molar refractivity (Wildman–Crippen MR) is 134 cm³/mol. The van der Waals surface area contributed by atoms with Crippen molar-refractivity contribution in [3.8, 4) is 0 Å². The molecule has 3 rings (SSSR count). The van der Waals surface area contributed by atoms with Crippen molar-refractivity contribution in [1.82, 2.24) is 5.32 Å². The van der Waals surface area contributed by atoms with Crippen LogP contribution in [0.5, 0.6) is 0 Å². The van der Waals surface area contributed by atoms with Crippen LogP contribution in [0.3, 0.4) is 0 Å². The number of hydrogen-bond acceptors (Lipinski definition) is 5. The number of anilines is 1. The molecule has 0 aliphatic rings. The summed E-state index contributed by atoms with van der Waals surface area (Å²) < 4.78 is 31.9. The van der Waals surface area contributed by atoms with Gasteiger partial charge in [-0.2, -0.15) is 0 Å². The summed E-state index contributed by atoms with van der Waals surface area (Å²) >= 11 is 1.50. The Kier molecular flexibility index (Phi) is 8.94. The van der Waals surface area contributed by atoms with Crippen LogP contribution in [0.15, 0.2) is 83.8 Å². The molecule has 0 unspecified atom stereocenters. The molecule has 0 aliphatic heterocycles. The van der Waals surface area contributed by atoms with Gasteiger partial charge in [0.1, 0.15) is 0 Å². The Hall–Kier alpha value is -2.81. The van der Waals surface area contributed by atoms with Gasteiger partial charge in [0, 0.05) is 17.0 Å². The molecular formula is C25H28N2O4S2. The third-order valence-electron chi connectivity index (χ3n) is 4.94. The van der Waals surface area contributed by atoms with Crippen molar-refractivity contribution < 1.29 is 17.9 Å². The van der Waals surface area contributed by atoms with E-state index in [4.69, 9.17) is 4.74 Å². The Bertz CT molecular complexity index is 1150. The molecule has 1 amide bonds. The van der Waals surface area contributed by atoms with E-state index in [9.17, 15) is 13.2 Å². The Balaban J connectivity index is 1.56. The standard InChI is InChI=1S/C25H28N2O4S2/c1-32-24-11-7-6-10-23(24)27(33(2,29)30)18-20-12-14-22(15-13-20)25(28)26-16-17-31-19-21-8-4-3-5-9-21/h3-15H,16-19H2,1-2H3,(H,26,28). The highest BCUT2D eigenvalue weighted by Crippen LogP contribution is 2.31. The van der Waals surface area contributed by atoms with E-state index in [1.807, 2.05) is 54.8 Å². The molecule has 0 saturated heterocycles. The molecule has 0 radical (unpaired) electrons. The first-order chi connectivity index (χ1) is 15.9. The van der Waals surface area contributed by atoms with Crippen LogP contribution in [0.1, 0.15) is 21.5 Å². The zero-order chi connectivity index (χ0) is 23.7. The van der Waals surface area contributed by atoms with E-state index in [1.54, 1.807) is 30.3 Å². The van der Waals surface area contributed by atoms with Crippen LogP contribution in [0, 0.1) is 0 Å². The van der Waals surface area contributed by atoms with E-state index in [1.165, 1.54) is 22.3 Å². The first-order valence-corrected chi connectivity index (χ1v) is 13.6. The van der Waals surface area contributed by atoms with Gasteiger partial charge in [0.25, 0.3) is 5.91 Å². The maximum Gasteiger partial charge on any atom is 0.251 e. The van der Waals surface area contributed by atoms with E-state index in [-0.39, 0.29) is 12.5 Å². The lowest BCUT2D eigenvalue weighted by atomic mass is 10.1. The highest BCUT2D eigenvalue weighted by Gasteiger charge is 2.20. The van der Waals surface area contributed by atoms with Crippen LogP contribution in [0.25, 0.3) is 0 Å². The molecule has 3 aromatic carbocycles. The van der Waals surface area contributed by atoms with E-state index in [0.29, 0.717) is 31.0 Å². The maximum atomic E-state index is 12.5. The lowest BCUT2D eigenvalue weighted by Crippen LogP contribution is -2.30. The van der Waals surface area contributed by atoms with Crippen molar-refractivity contribution in [1.29, 1.82) is 0 Å². The second-order valence-electron chi connectivity index (χ2n) is 7.43. The minimum Gasteiger partial charge on any atom is -0.375 e. The summed E-state index contributed by atoms with van der Waals surface area (Å²) in [6.07, 6.45) is 3.12. The first kappa shape index (κ1) is 24.8. The van der Waals surface area contributed by atoms with Crippen molar-refractivity contribution in [2.24, 2.45) is 0 Å². The number of carbonyl (C=O) groups excluding carboxylic acids is 1. The third-order valence-corrected chi connectivity index (χ3v) is 6.85. The molecule has 0 aromatic heterocycles. The molecule has 0 atom stereocenters. The Morgan fingerprint density at radius 1 is 0.939 bits per heavy atom. The Labute approximate surface area is 200 Å². The molecule has 1 N–H and O–H groups in total. The van der Waals surface area contributed by atoms with Crippen molar-refractivity contribution in [3.05, 3.63) is 95.6 Å². The van der Waals surface area contributed by atoms with Crippen molar-refractivity contribution in [2.75, 3.05) is 30.0 Å². The topological polar surface area (TPSA) is 75.7 Å². The third kappa shape index (κ3) is 7.35. The molecule has 0 aliphatic carbocycles.